The van der Waals surface area contributed by atoms with Crippen molar-refractivity contribution in [1.29, 1.82) is 0 Å². The Balaban J connectivity index is 2.68. The first-order valence-electron chi connectivity index (χ1n) is 6.38. The van der Waals surface area contributed by atoms with Crippen molar-refractivity contribution in [3.8, 4) is 5.75 Å². The molecule has 0 amide bonds. The highest BCUT2D eigenvalue weighted by molar-refractivity contribution is 7.91. The van der Waals surface area contributed by atoms with Crippen molar-refractivity contribution in [2.24, 2.45) is 0 Å². The molecule has 0 aliphatic carbocycles. The molecule has 0 unspecified atom stereocenters. The summed E-state index contributed by atoms with van der Waals surface area (Å²) in [5.41, 5.74) is 0.288. The van der Waals surface area contributed by atoms with Crippen molar-refractivity contribution in [3.05, 3.63) is 35.7 Å². The molecule has 7 heteroatoms. The lowest BCUT2D eigenvalue weighted by Gasteiger charge is -2.09. The van der Waals surface area contributed by atoms with E-state index < -0.39 is 21.6 Å². The van der Waals surface area contributed by atoms with E-state index in [0.29, 0.717) is 12.2 Å². The SMILES string of the molecule is CCS(=O)(=O)CCCOc1ccc(F)cc1/C=C/C(=O)O. The van der Waals surface area contributed by atoms with Gasteiger partial charge in [-0.1, -0.05) is 6.92 Å². The third kappa shape index (κ3) is 6.40. The van der Waals surface area contributed by atoms with E-state index in [1.807, 2.05) is 0 Å². The molecule has 0 heterocycles. The summed E-state index contributed by atoms with van der Waals surface area (Å²) in [4.78, 5) is 10.5. The van der Waals surface area contributed by atoms with Crippen LogP contribution < -0.4 is 4.74 Å². The Morgan fingerprint density at radius 3 is 2.76 bits per heavy atom. The van der Waals surface area contributed by atoms with Crippen LogP contribution in [-0.2, 0) is 14.6 Å². The van der Waals surface area contributed by atoms with E-state index in [9.17, 15) is 17.6 Å². The molecule has 1 rings (SSSR count). The number of aliphatic carboxylic acids is 1. The Kier molecular flexibility index (Phi) is 6.36. The largest absolute Gasteiger partial charge is 0.493 e. The standard InChI is InChI=1S/C14H17FO5S/c1-2-21(18,19)9-3-8-20-13-6-5-12(15)10-11(13)4-7-14(16)17/h4-7,10H,2-3,8-9H2,1H3,(H,16,17)/b7-4+. The van der Waals surface area contributed by atoms with Gasteiger partial charge in [-0.2, -0.15) is 0 Å². The summed E-state index contributed by atoms with van der Waals surface area (Å²) in [6.45, 7) is 1.73. The highest BCUT2D eigenvalue weighted by Gasteiger charge is 2.08. The summed E-state index contributed by atoms with van der Waals surface area (Å²) in [6, 6.07) is 3.72. The lowest BCUT2D eigenvalue weighted by Crippen LogP contribution is -2.12. The molecular weight excluding hydrogens is 299 g/mol. The van der Waals surface area contributed by atoms with Gasteiger partial charge in [0.15, 0.2) is 0 Å². The normalized spacial score (nSPS) is 11.7. The molecule has 116 valence electrons. The van der Waals surface area contributed by atoms with Crippen molar-refractivity contribution in [2.75, 3.05) is 18.1 Å². The van der Waals surface area contributed by atoms with Gasteiger partial charge in [-0.05, 0) is 30.7 Å². The van der Waals surface area contributed by atoms with Crippen LogP contribution in [0.4, 0.5) is 4.39 Å². The number of carboxylic acids is 1. The number of ether oxygens (including phenoxy) is 1. The number of hydrogen-bond donors (Lipinski definition) is 1. The molecule has 0 radical (unpaired) electrons. The number of carboxylic acid groups (broad SMARTS) is 1. The molecule has 0 saturated carbocycles. The van der Waals surface area contributed by atoms with Crippen LogP contribution in [0.3, 0.4) is 0 Å². The van der Waals surface area contributed by atoms with E-state index in [4.69, 9.17) is 9.84 Å². The van der Waals surface area contributed by atoms with Gasteiger partial charge in [0.2, 0.25) is 0 Å². The number of rotatable bonds is 8. The molecule has 1 aromatic carbocycles. The Morgan fingerprint density at radius 2 is 2.14 bits per heavy atom. The summed E-state index contributed by atoms with van der Waals surface area (Å²) in [5.74, 6) is -1.26. The van der Waals surface area contributed by atoms with Crippen molar-refractivity contribution in [2.45, 2.75) is 13.3 Å². The van der Waals surface area contributed by atoms with Crippen molar-refractivity contribution in [3.63, 3.8) is 0 Å². The summed E-state index contributed by atoms with van der Waals surface area (Å²) in [7, 11) is -3.04. The van der Waals surface area contributed by atoms with Gasteiger partial charge in [0.05, 0.1) is 12.4 Å². The number of carbonyl (C=O) groups is 1. The van der Waals surface area contributed by atoms with Crippen LogP contribution in [0, 0.1) is 5.82 Å². The van der Waals surface area contributed by atoms with Gasteiger partial charge in [-0.15, -0.1) is 0 Å². The topological polar surface area (TPSA) is 80.7 Å². The molecule has 0 aromatic heterocycles. The van der Waals surface area contributed by atoms with Gasteiger partial charge in [0.25, 0.3) is 0 Å². The third-order valence-electron chi connectivity index (χ3n) is 2.67. The summed E-state index contributed by atoms with van der Waals surface area (Å²) in [6.07, 6.45) is 2.42. The molecule has 0 aliphatic heterocycles. The zero-order chi connectivity index (χ0) is 15.9. The second kappa shape index (κ2) is 7.78. The Hall–Kier alpha value is -1.89. The van der Waals surface area contributed by atoms with Gasteiger partial charge < -0.3 is 9.84 Å². The lowest BCUT2D eigenvalue weighted by molar-refractivity contribution is -0.131. The van der Waals surface area contributed by atoms with E-state index >= 15 is 0 Å². The molecule has 0 fully saturated rings. The minimum absolute atomic E-state index is 0.0188. The molecule has 1 N–H and O–H groups in total. The number of benzene rings is 1. The Morgan fingerprint density at radius 1 is 1.43 bits per heavy atom. The van der Waals surface area contributed by atoms with Crippen LogP contribution in [0.1, 0.15) is 18.9 Å². The fourth-order valence-electron chi connectivity index (χ4n) is 1.55. The molecule has 0 bridgehead atoms. The highest BCUT2D eigenvalue weighted by atomic mass is 32.2. The van der Waals surface area contributed by atoms with E-state index in [2.05, 4.69) is 0 Å². The Bertz CT molecular complexity index is 622. The highest BCUT2D eigenvalue weighted by Crippen LogP contribution is 2.21. The van der Waals surface area contributed by atoms with Gasteiger partial charge in [0.1, 0.15) is 21.4 Å². The van der Waals surface area contributed by atoms with Gasteiger partial charge in [-0.25, -0.2) is 17.6 Å². The van der Waals surface area contributed by atoms with Gasteiger partial charge in [-0.3, -0.25) is 0 Å². The molecular formula is C14H17FO5S. The summed E-state index contributed by atoms with van der Waals surface area (Å²) >= 11 is 0. The zero-order valence-corrected chi connectivity index (χ0v) is 12.4. The van der Waals surface area contributed by atoms with Crippen LogP contribution >= 0.6 is 0 Å². The average Bonchev–Trinajstić information content (AvgIpc) is 2.43. The number of halogens is 1. The predicted octanol–water partition coefficient (Wildman–Crippen LogP) is 2.13. The smallest absolute Gasteiger partial charge is 0.328 e. The van der Waals surface area contributed by atoms with Crippen LogP contribution in [0.2, 0.25) is 0 Å². The third-order valence-corrected chi connectivity index (χ3v) is 4.46. The molecule has 0 saturated heterocycles. The number of hydrogen-bond acceptors (Lipinski definition) is 4. The first-order chi connectivity index (χ1) is 9.84. The fraction of sp³-hybridized carbons (Fsp3) is 0.357. The number of sulfone groups is 1. The van der Waals surface area contributed by atoms with Gasteiger partial charge >= 0.3 is 5.97 Å². The zero-order valence-electron chi connectivity index (χ0n) is 11.6. The van der Waals surface area contributed by atoms with Crippen LogP contribution in [0.25, 0.3) is 6.08 Å². The molecule has 1 aromatic rings. The van der Waals surface area contributed by atoms with Crippen molar-refractivity contribution >= 4 is 21.9 Å². The lowest BCUT2D eigenvalue weighted by atomic mass is 10.2. The minimum Gasteiger partial charge on any atom is -0.493 e. The molecule has 0 aliphatic rings. The fourth-order valence-corrected chi connectivity index (χ4v) is 2.39. The van der Waals surface area contributed by atoms with E-state index in [-0.39, 0.29) is 23.7 Å². The predicted molar refractivity (Wildman–Crippen MR) is 77.5 cm³/mol. The van der Waals surface area contributed by atoms with E-state index in [1.165, 1.54) is 18.2 Å². The molecule has 21 heavy (non-hydrogen) atoms. The van der Waals surface area contributed by atoms with Crippen molar-refractivity contribution < 1.29 is 27.4 Å². The van der Waals surface area contributed by atoms with Crippen LogP contribution in [0.15, 0.2) is 24.3 Å². The molecule has 0 atom stereocenters. The van der Waals surface area contributed by atoms with Gasteiger partial charge in [0, 0.05) is 17.4 Å². The van der Waals surface area contributed by atoms with E-state index in [1.54, 1.807) is 6.92 Å². The Labute approximate surface area is 123 Å². The maximum Gasteiger partial charge on any atom is 0.328 e. The second-order valence-corrected chi connectivity index (χ2v) is 6.76. The first-order valence-corrected chi connectivity index (χ1v) is 8.20. The second-order valence-electron chi connectivity index (χ2n) is 4.29. The average molecular weight is 316 g/mol. The summed E-state index contributed by atoms with van der Waals surface area (Å²) in [5, 5.41) is 8.58. The maximum absolute atomic E-state index is 13.1. The molecule has 0 spiro atoms. The van der Waals surface area contributed by atoms with Crippen molar-refractivity contribution in [1.82, 2.24) is 0 Å². The van der Waals surface area contributed by atoms with Crippen LogP contribution in [-0.4, -0.2) is 37.6 Å². The maximum atomic E-state index is 13.1. The summed E-state index contributed by atoms with van der Waals surface area (Å²) < 4.78 is 41.2. The minimum atomic E-state index is -3.04. The first kappa shape index (κ1) is 17.2. The molecule has 5 nitrogen and oxygen atoms in total. The monoisotopic (exact) mass is 316 g/mol. The van der Waals surface area contributed by atoms with E-state index in [0.717, 1.165) is 12.1 Å². The quantitative estimate of drug-likeness (QED) is 0.587. The van der Waals surface area contributed by atoms with Crippen LogP contribution in [0.5, 0.6) is 5.75 Å².